The number of nitrogens with zero attached hydrogens (tertiary/aromatic N) is 2. The van der Waals surface area contributed by atoms with Crippen LogP contribution in [0.4, 0.5) is 4.79 Å². The Morgan fingerprint density at radius 1 is 0.952 bits per heavy atom. The van der Waals surface area contributed by atoms with Crippen LogP contribution in [-0.4, -0.2) is 90.5 Å². The molecule has 2 fully saturated rings. The van der Waals surface area contributed by atoms with Crippen molar-refractivity contribution < 1.29 is 43.6 Å². The number of carbonyl (C=O) groups is 2. The van der Waals surface area contributed by atoms with Gasteiger partial charge < -0.3 is 44.2 Å². The standard InChI is InChI=1S/C50H79N3O9/c1-5-9-10-11-12-13-14-15-16-25-45(56)53(29-6-2)44-36-42(52-62-46-26-19-22-33-58-46)40-34-37(23-17-20-30-54)39(24-18-21-31-55)47-41-35-38(60-49(57)51-8-4)27-28-43(41)61-50(44,48(40)47)59-32-7-3/h7,27-28,34-35,37,39,44,46-48,54-55H,3,5-6,8-26,29-33,36H2,1-2,4H3,(H,51,57)/t37-,39+,44-,46?,47+,48+,50+/m0/s1. The van der Waals surface area contributed by atoms with Gasteiger partial charge in [-0.05, 0) is 93.9 Å². The maximum atomic E-state index is 14.8. The fraction of sp³-hybridized carbons (Fsp3) is 0.740. The van der Waals surface area contributed by atoms with Crippen molar-refractivity contribution in [3.63, 3.8) is 0 Å². The molecule has 1 saturated carbocycles. The zero-order valence-electron chi connectivity index (χ0n) is 38.3. The maximum absolute atomic E-state index is 14.8. The smallest absolute Gasteiger partial charge is 0.412 e. The molecule has 0 spiro atoms. The number of ether oxygens (including phenoxy) is 4. The molecule has 12 heteroatoms. The highest BCUT2D eigenvalue weighted by atomic mass is 16.8. The monoisotopic (exact) mass is 866 g/mol. The molecule has 7 atom stereocenters. The second kappa shape index (κ2) is 26.4. The van der Waals surface area contributed by atoms with Gasteiger partial charge in [-0.3, -0.25) is 4.79 Å². The molecule has 0 bridgehead atoms. The fourth-order valence-corrected chi connectivity index (χ4v) is 10.3. The summed E-state index contributed by atoms with van der Waals surface area (Å²) in [6, 6.07) is 5.01. The number of oxime groups is 1. The van der Waals surface area contributed by atoms with Crippen LogP contribution in [0.2, 0.25) is 0 Å². The summed E-state index contributed by atoms with van der Waals surface area (Å²) in [5, 5.41) is 27.6. The molecule has 2 aliphatic carbocycles. The average Bonchev–Trinajstić information content (AvgIpc) is 3.28. The van der Waals surface area contributed by atoms with Crippen molar-refractivity contribution in [3.8, 4) is 11.5 Å². The SMILES string of the molecule is C=CCO[C@@]12Oc3ccc(OC(=O)NCC)cc3[C@H]3[C@H](CCCCO)[C@@H](CCCCO)C=C(C(=NOC4CCCCO4)C[C@@H]1N(CCC)C(=O)CCCCCCCCCCC)[C@H]32. The number of unbranched alkanes of at least 4 members (excludes halogenated alkanes) is 10. The first-order valence-electron chi connectivity index (χ1n) is 24.5. The number of amides is 2. The van der Waals surface area contributed by atoms with Crippen molar-refractivity contribution in [2.45, 2.75) is 180 Å². The van der Waals surface area contributed by atoms with Crippen molar-refractivity contribution in [1.82, 2.24) is 10.2 Å². The number of carbonyl (C=O) groups excluding carboxylic acids is 2. The summed E-state index contributed by atoms with van der Waals surface area (Å²) < 4.78 is 26.3. The summed E-state index contributed by atoms with van der Waals surface area (Å²) >= 11 is 0. The fourth-order valence-electron chi connectivity index (χ4n) is 10.3. The highest BCUT2D eigenvalue weighted by molar-refractivity contribution is 6.03. The van der Waals surface area contributed by atoms with Crippen molar-refractivity contribution in [2.75, 3.05) is 39.5 Å². The molecule has 4 aliphatic rings. The summed E-state index contributed by atoms with van der Waals surface area (Å²) in [7, 11) is 0. The first-order chi connectivity index (χ1) is 30.3. The van der Waals surface area contributed by atoms with Crippen LogP contribution in [0.5, 0.6) is 11.5 Å². The molecule has 1 unspecified atom stereocenters. The average molecular weight is 866 g/mol. The van der Waals surface area contributed by atoms with Crippen LogP contribution in [0.3, 0.4) is 0 Å². The number of rotatable bonds is 28. The molecule has 2 aliphatic heterocycles. The van der Waals surface area contributed by atoms with Crippen molar-refractivity contribution in [3.05, 3.63) is 48.1 Å². The summed E-state index contributed by atoms with van der Waals surface area (Å²) in [6.07, 6.45) is 22.5. The molecular weight excluding hydrogens is 787 g/mol. The highest BCUT2D eigenvalue weighted by Gasteiger charge is 2.65. The number of allylic oxidation sites excluding steroid dienone is 1. The Morgan fingerprint density at radius 2 is 1.69 bits per heavy atom. The van der Waals surface area contributed by atoms with Gasteiger partial charge in [0.1, 0.15) is 17.5 Å². The zero-order valence-corrected chi connectivity index (χ0v) is 38.3. The lowest BCUT2D eigenvalue weighted by Crippen LogP contribution is -2.70. The quantitative estimate of drug-likeness (QED) is 0.0425. The van der Waals surface area contributed by atoms with Gasteiger partial charge in [0.25, 0.3) is 0 Å². The van der Waals surface area contributed by atoms with Crippen LogP contribution in [0.25, 0.3) is 0 Å². The molecule has 1 saturated heterocycles. The number of nitrogens with one attached hydrogen (secondary N) is 1. The van der Waals surface area contributed by atoms with E-state index in [9.17, 15) is 19.8 Å². The first-order valence-corrected chi connectivity index (χ1v) is 24.5. The molecule has 3 N–H and O–H groups in total. The molecule has 0 radical (unpaired) electrons. The van der Waals surface area contributed by atoms with Crippen LogP contribution in [0.1, 0.15) is 167 Å². The molecule has 12 nitrogen and oxygen atoms in total. The van der Waals surface area contributed by atoms with E-state index in [0.29, 0.717) is 56.9 Å². The van der Waals surface area contributed by atoms with Crippen LogP contribution in [-0.2, 0) is 19.1 Å². The van der Waals surface area contributed by atoms with E-state index in [2.05, 4.69) is 31.8 Å². The van der Waals surface area contributed by atoms with Gasteiger partial charge in [-0.2, -0.15) is 0 Å². The molecule has 62 heavy (non-hydrogen) atoms. The third-order valence-corrected chi connectivity index (χ3v) is 13.2. The molecular formula is C50H79N3O9. The Labute approximate surface area is 372 Å². The number of benzene rings is 1. The third-order valence-electron chi connectivity index (χ3n) is 13.2. The maximum Gasteiger partial charge on any atom is 0.412 e. The normalized spacial score (nSPS) is 25.8. The first kappa shape index (κ1) is 49.6. The molecule has 348 valence electrons. The predicted molar refractivity (Wildman–Crippen MR) is 243 cm³/mol. The van der Waals surface area contributed by atoms with Crippen LogP contribution in [0, 0.1) is 17.8 Å². The lowest BCUT2D eigenvalue weighted by atomic mass is 9.55. The van der Waals surface area contributed by atoms with Gasteiger partial charge in [-0.25, -0.2) is 4.79 Å². The minimum Gasteiger partial charge on any atom is -0.459 e. The van der Waals surface area contributed by atoms with Gasteiger partial charge >= 0.3 is 6.09 Å². The Bertz CT molecular complexity index is 1590. The molecule has 2 amide bonds. The predicted octanol–water partition coefficient (Wildman–Crippen LogP) is 10.1. The summed E-state index contributed by atoms with van der Waals surface area (Å²) in [6.45, 7) is 12.2. The molecule has 0 aromatic heterocycles. The minimum atomic E-state index is -1.32. The van der Waals surface area contributed by atoms with E-state index in [0.717, 1.165) is 87.5 Å². The Kier molecular flexibility index (Phi) is 21.1. The van der Waals surface area contributed by atoms with Crippen LogP contribution < -0.4 is 14.8 Å². The minimum absolute atomic E-state index is 0.0583. The van der Waals surface area contributed by atoms with E-state index < -0.39 is 30.1 Å². The van der Waals surface area contributed by atoms with Gasteiger partial charge in [-0.15, -0.1) is 6.58 Å². The molecule has 1 aromatic carbocycles. The van der Waals surface area contributed by atoms with E-state index in [1.165, 1.54) is 38.5 Å². The molecule has 2 heterocycles. The Balaban J connectivity index is 1.64. The zero-order chi connectivity index (χ0) is 44.2. The summed E-state index contributed by atoms with van der Waals surface area (Å²) in [4.78, 5) is 35.8. The summed E-state index contributed by atoms with van der Waals surface area (Å²) in [5.41, 5.74) is 2.64. The number of aliphatic hydroxyl groups is 2. The Hall–Kier alpha value is -3.45. The highest BCUT2D eigenvalue weighted by Crippen LogP contribution is 2.62. The van der Waals surface area contributed by atoms with E-state index in [1.807, 2.05) is 24.0 Å². The van der Waals surface area contributed by atoms with E-state index in [4.69, 9.17) is 28.9 Å². The van der Waals surface area contributed by atoms with Gasteiger partial charge in [-0.1, -0.05) is 95.4 Å². The van der Waals surface area contributed by atoms with Crippen molar-refractivity contribution in [1.29, 1.82) is 0 Å². The van der Waals surface area contributed by atoms with Crippen molar-refractivity contribution >= 4 is 17.7 Å². The van der Waals surface area contributed by atoms with Gasteiger partial charge in [0.15, 0.2) is 0 Å². The molecule has 5 rings (SSSR count). The van der Waals surface area contributed by atoms with Crippen LogP contribution >= 0.6 is 0 Å². The number of fused-ring (bicyclic) bond motifs is 2. The third kappa shape index (κ3) is 13.1. The van der Waals surface area contributed by atoms with Crippen LogP contribution in [0.15, 0.2) is 47.7 Å². The van der Waals surface area contributed by atoms with E-state index >= 15 is 0 Å². The van der Waals surface area contributed by atoms with Crippen molar-refractivity contribution in [2.24, 2.45) is 22.9 Å². The Morgan fingerprint density at radius 3 is 2.37 bits per heavy atom. The lowest BCUT2D eigenvalue weighted by molar-refractivity contribution is -0.257. The largest absolute Gasteiger partial charge is 0.459 e. The van der Waals surface area contributed by atoms with E-state index in [-0.39, 0.29) is 43.5 Å². The van der Waals surface area contributed by atoms with E-state index in [1.54, 1.807) is 12.1 Å². The van der Waals surface area contributed by atoms with Gasteiger partial charge in [0.2, 0.25) is 18.0 Å². The second-order valence-corrected chi connectivity index (χ2v) is 17.8. The number of hydrogen-bond donors (Lipinski definition) is 3. The summed E-state index contributed by atoms with van der Waals surface area (Å²) in [5.74, 6) is -0.718. The lowest BCUT2D eigenvalue weighted by Gasteiger charge is -2.60. The molecule has 1 aromatic rings. The second-order valence-electron chi connectivity index (χ2n) is 17.8. The number of aliphatic hydroxyl groups excluding tert-OH is 2. The van der Waals surface area contributed by atoms with Gasteiger partial charge in [0, 0.05) is 57.0 Å². The topological polar surface area (TPSA) is 148 Å². The van der Waals surface area contributed by atoms with Gasteiger partial charge in [0.05, 0.1) is 24.8 Å². The number of hydrogen-bond acceptors (Lipinski definition) is 10.